The van der Waals surface area contributed by atoms with Crippen molar-refractivity contribution in [1.29, 1.82) is 5.26 Å². The summed E-state index contributed by atoms with van der Waals surface area (Å²) in [5, 5.41) is 10.3. The van der Waals surface area contributed by atoms with Crippen molar-refractivity contribution < 1.29 is 19.0 Å². The molecule has 1 aliphatic heterocycles. The first-order valence-electron chi connectivity index (χ1n) is 9.41. The van der Waals surface area contributed by atoms with Crippen LogP contribution in [0, 0.1) is 11.3 Å². The van der Waals surface area contributed by atoms with Gasteiger partial charge in [-0.3, -0.25) is 4.79 Å². The Labute approximate surface area is 189 Å². The fourth-order valence-corrected chi connectivity index (χ4v) is 3.40. The Balaban J connectivity index is 1.98. The van der Waals surface area contributed by atoms with Gasteiger partial charge in [-0.15, -0.1) is 0 Å². The van der Waals surface area contributed by atoms with Crippen LogP contribution in [-0.2, 0) is 4.74 Å². The second kappa shape index (κ2) is 7.72. The molecule has 0 aliphatic carbocycles. The fourth-order valence-electron chi connectivity index (χ4n) is 3.21. The summed E-state index contributed by atoms with van der Waals surface area (Å²) in [5.41, 5.74) is -0.407. The number of esters is 1. The molecule has 152 valence electrons. The van der Waals surface area contributed by atoms with Crippen LogP contribution in [0.25, 0.3) is 16.6 Å². The van der Waals surface area contributed by atoms with Crippen LogP contribution in [0.15, 0.2) is 41.2 Å². The molecule has 0 saturated carbocycles. The average molecular weight is 439 g/mol. The molecule has 1 aromatic heterocycles. The highest BCUT2D eigenvalue weighted by Gasteiger charge is 2.44. The Morgan fingerprint density at radius 2 is 2.00 bits per heavy atom. The Kier molecular flexibility index (Phi) is 5.30. The molecular formula is C20H13B3N3O5P. The molecule has 0 N–H and O–H groups in total. The van der Waals surface area contributed by atoms with Gasteiger partial charge in [-0.1, -0.05) is 15.3 Å². The molecular weight excluding hydrogens is 426 g/mol. The Morgan fingerprint density at radius 1 is 1.25 bits per heavy atom. The summed E-state index contributed by atoms with van der Waals surface area (Å²) < 4.78 is 17.6. The van der Waals surface area contributed by atoms with E-state index >= 15 is 0 Å². The van der Waals surface area contributed by atoms with Gasteiger partial charge in [-0.2, -0.15) is 10.4 Å². The molecule has 2 heterocycles. The molecule has 0 amide bonds. The summed E-state index contributed by atoms with van der Waals surface area (Å²) in [6.45, 7) is 1.65. The summed E-state index contributed by atoms with van der Waals surface area (Å²) in [6.07, 6.45) is 0. The van der Waals surface area contributed by atoms with Crippen molar-refractivity contribution in [1.82, 2.24) is 9.78 Å². The average Bonchev–Trinajstić information content (AvgIpc) is 2.74. The summed E-state index contributed by atoms with van der Waals surface area (Å²) in [6, 6.07) is 11.3. The topological polar surface area (TPSA) is 103 Å². The molecule has 2 aromatic carbocycles. The third-order valence-corrected chi connectivity index (χ3v) is 5.41. The highest BCUT2D eigenvalue weighted by Crippen LogP contribution is 2.43. The Morgan fingerprint density at radius 3 is 2.69 bits per heavy atom. The van der Waals surface area contributed by atoms with Gasteiger partial charge in [0.1, 0.15) is 23.5 Å². The number of aromatic nitrogens is 2. The van der Waals surface area contributed by atoms with Crippen molar-refractivity contribution in [3.05, 3.63) is 57.9 Å². The van der Waals surface area contributed by atoms with Crippen LogP contribution in [-0.4, -0.2) is 56.5 Å². The smallest absolute Gasteiger partial charge is 0.362 e. The molecule has 12 heteroatoms. The summed E-state index contributed by atoms with van der Waals surface area (Å²) >= 11 is 0. The van der Waals surface area contributed by atoms with E-state index in [4.69, 9.17) is 37.7 Å². The third kappa shape index (κ3) is 3.45. The van der Waals surface area contributed by atoms with E-state index in [2.05, 4.69) is 14.3 Å². The van der Waals surface area contributed by atoms with Gasteiger partial charge in [0.25, 0.3) is 0 Å². The maximum atomic E-state index is 13.0. The largest absolute Gasteiger partial charge is 0.499 e. The number of rotatable bonds is 3. The number of carbonyl (C=O) groups is 1. The van der Waals surface area contributed by atoms with Crippen molar-refractivity contribution in [2.75, 3.05) is 6.61 Å². The van der Waals surface area contributed by atoms with Gasteiger partial charge in [0.2, 0.25) is 11.1 Å². The van der Waals surface area contributed by atoms with Crippen LogP contribution in [0.4, 0.5) is 0 Å². The second-order valence-electron chi connectivity index (χ2n) is 7.04. The molecule has 6 radical (unpaired) electrons. The highest BCUT2D eigenvalue weighted by atomic mass is 31.0. The molecule has 3 aromatic rings. The van der Waals surface area contributed by atoms with Gasteiger partial charge < -0.3 is 14.2 Å². The minimum Gasteiger partial charge on any atom is -0.499 e. The number of nitrogens with zero attached hydrogens (tertiary/aromatic N) is 3. The maximum Gasteiger partial charge on any atom is 0.362 e. The number of ether oxygens (including phenoxy) is 3. The fraction of sp³-hybridized carbons (Fsp3) is 0.200. The zero-order chi connectivity index (χ0) is 23.3. The van der Waals surface area contributed by atoms with E-state index in [1.165, 1.54) is 16.8 Å². The van der Waals surface area contributed by atoms with E-state index in [1.807, 2.05) is 6.07 Å². The molecule has 0 spiro atoms. The number of fused-ring (bicyclic) bond motifs is 2. The SMILES string of the molecule is [B]C1([B])Oc2cc(-n3nc(C(=O)OCC)c(=O)c4c(C#N)cccc43)ccc2OC1([B])P. The number of hydrogen-bond donors (Lipinski definition) is 0. The van der Waals surface area contributed by atoms with E-state index in [0.717, 1.165) is 0 Å². The zero-order valence-corrected chi connectivity index (χ0v) is 18.0. The molecule has 2 unspecified atom stereocenters. The summed E-state index contributed by atoms with van der Waals surface area (Å²) in [5.74, 6) is -0.470. The van der Waals surface area contributed by atoms with Gasteiger partial charge in [0, 0.05) is 6.07 Å². The Bertz CT molecular complexity index is 1370. The van der Waals surface area contributed by atoms with Crippen LogP contribution in [0.2, 0.25) is 0 Å². The number of hydrogen-bond acceptors (Lipinski definition) is 7. The minimum absolute atomic E-state index is 0.0286. The van der Waals surface area contributed by atoms with Crippen LogP contribution in [0.1, 0.15) is 23.0 Å². The first kappa shape index (κ1) is 22.0. The summed E-state index contributed by atoms with van der Waals surface area (Å²) in [4.78, 5) is 25.4. The standard InChI is InChI=1S/C20H13B3N3O5P/c1-2-29-18(28)16-17(27)15-10(9-24)4-3-5-12(15)26(25-16)11-6-7-13-14(8-11)30-19(21,22)20(23,32)31-13/h3-8H,2,32H2,1H3. The quantitative estimate of drug-likeness (QED) is 0.340. The van der Waals surface area contributed by atoms with E-state index in [-0.39, 0.29) is 29.1 Å². The van der Waals surface area contributed by atoms with E-state index in [1.54, 1.807) is 31.2 Å². The van der Waals surface area contributed by atoms with Crippen LogP contribution < -0.4 is 14.9 Å². The van der Waals surface area contributed by atoms with Crippen molar-refractivity contribution in [2.24, 2.45) is 0 Å². The van der Waals surface area contributed by atoms with Crippen LogP contribution in [0.5, 0.6) is 11.5 Å². The molecule has 32 heavy (non-hydrogen) atoms. The molecule has 0 bridgehead atoms. The lowest BCUT2D eigenvalue weighted by Gasteiger charge is -2.47. The van der Waals surface area contributed by atoms with E-state index in [9.17, 15) is 14.9 Å². The molecule has 0 fully saturated rings. The lowest BCUT2D eigenvalue weighted by molar-refractivity contribution is 0.0516. The zero-order valence-electron chi connectivity index (χ0n) is 16.9. The number of carbonyl (C=O) groups excluding carboxylic acids is 1. The van der Waals surface area contributed by atoms with Crippen molar-refractivity contribution in [3.8, 4) is 23.3 Å². The highest BCUT2D eigenvalue weighted by molar-refractivity contribution is 7.22. The minimum atomic E-state index is -1.87. The molecule has 1 aliphatic rings. The van der Waals surface area contributed by atoms with Crippen molar-refractivity contribution >= 4 is 49.7 Å². The molecule has 4 rings (SSSR count). The predicted molar refractivity (Wildman–Crippen MR) is 122 cm³/mol. The van der Waals surface area contributed by atoms with E-state index < -0.39 is 27.7 Å². The van der Waals surface area contributed by atoms with Crippen LogP contribution >= 0.6 is 9.24 Å². The van der Waals surface area contributed by atoms with Crippen LogP contribution in [0.3, 0.4) is 0 Å². The first-order chi connectivity index (χ1) is 15.1. The lowest BCUT2D eigenvalue weighted by atomic mass is 9.55. The third-order valence-electron chi connectivity index (χ3n) is 4.84. The maximum absolute atomic E-state index is 13.0. The van der Waals surface area contributed by atoms with Gasteiger partial charge in [-0.25, -0.2) is 9.48 Å². The van der Waals surface area contributed by atoms with Crippen molar-refractivity contribution in [2.45, 2.75) is 17.6 Å². The predicted octanol–water partition coefficient (Wildman–Crippen LogP) is 0.893. The monoisotopic (exact) mass is 439 g/mol. The van der Waals surface area contributed by atoms with Gasteiger partial charge in [-0.05, 0) is 31.2 Å². The summed E-state index contributed by atoms with van der Waals surface area (Å²) in [7, 11) is 20.0. The second-order valence-corrected chi connectivity index (χ2v) is 7.90. The first-order valence-corrected chi connectivity index (χ1v) is 9.98. The number of benzene rings is 2. The van der Waals surface area contributed by atoms with Crippen molar-refractivity contribution in [3.63, 3.8) is 0 Å². The number of nitriles is 1. The van der Waals surface area contributed by atoms with Gasteiger partial charge in [0.15, 0.2) is 11.5 Å². The van der Waals surface area contributed by atoms with Gasteiger partial charge in [0.05, 0.1) is 45.5 Å². The Hall–Kier alpha value is -3.24. The molecule has 2 atom stereocenters. The van der Waals surface area contributed by atoms with E-state index in [0.29, 0.717) is 11.2 Å². The molecule has 0 saturated heterocycles. The van der Waals surface area contributed by atoms with Gasteiger partial charge >= 0.3 is 5.97 Å². The normalized spacial score (nSPS) is 18.7. The molecule has 8 nitrogen and oxygen atoms in total. The lowest BCUT2D eigenvalue weighted by Crippen LogP contribution is -2.61.